The summed E-state index contributed by atoms with van der Waals surface area (Å²) < 4.78 is 0. The molecule has 22 heavy (non-hydrogen) atoms. The molecule has 0 radical (unpaired) electrons. The summed E-state index contributed by atoms with van der Waals surface area (Å²) in [5.74, 6) is -7.28. The van der Waals surface area contributed by atoms with Crippen molar-refractivity contribution in [3.8, 4) is 0 Å². The molecule has 1 aliphatic rings. The zero-order chi connectivity index (χ0) is 16.9. The fourth-order valence-corrected chi connectivity index (χ4v) is 3.24. The Bertz CT molecular complexity index is 408. The van der Waals surface area contributed by atoms with Crippen molar-refractivity contribution in [2.45, 2.75) is 38.5 Å². The molecule has 0 aromatic heterocycles. The normalized spacial score (nSPS) is 24.2. The molecule has 2 atom stereocenters. The highest BCUT2D eigenvalue weighted by Crippen LogP contribution is 2.39. The summed E-state index contributed by atoms with van der Waals surface area (Å²) in [6, 6.07) is 0. The molecule has 8 heteroatoms. The van der Waals surface area contributed by atoms with Crippen LogP contribution in [0.5, 0.6) is 0 Å². The first-order valence-electron chi connectivity index (χ1n) is 7.11. The van der Waals surface area contributed by atoms with Crippen molar-refractivity contribution in [1.29, 1.82) is 0 Å². The van der Waals surface area contributed by atoms with E-state index in [4.69, 9.17) is 20.4 Å². The number of aliphatic carboxylic acids is 4. The maximum atomic E-state index is 11.2. The van der Waals surface area contributed by atoms with Gasteiger partial charge in [0.1, 0.15) is 0 Å². The summed E-state index contributed by atoms with van der Waals surface area (Å²) in [4.78, 5) is 43.8. The van der Waals surface area contributed by atoms with E-state index in [1.54, 1.807) is 0 Å². The van der Waals surface area contributed by atoms with Crippen molar-refractivity contribution in [3.05, 3.63) is 0 Å². The van der Waals surface area contributed by atoms with Crippen LogP contribution >= 0.6 is 0 Å². The van der Waals surface area contributed by atoms with Crippen LogP contribution in [0.1, 0.15) is 38.5 Å². The lowest BCUT2D eigenvalue weighted by atomic mass is 9.70. The lowest BCUT2D eigenvalue weighted by Crippen LogP contribution is -2.34. The average Bonchev–Trinajstić information content (AvgIpc) is 2.41. The van der Waals surface area contributed by atoms with Gasteiger partial charge in [-0.25, -0.2) is 0 Å². The molecular formula is C14H20O8. The van der Waals surface area contributed by atoms with Crippen LogP contribution in [0, 0.1) is 23.7 Å². The van der Waals surface area contributed by atoms with Gasteiger partial charge in [0.2, 0.25) is 0 Å². The number of rotatable bonds is 8. The highest BCUT2D eigenvalue weighted by molar-refractivity contribution is 5.78. The molecule has 0 saturated heterocycles. The third kappa shape index (κ3) is 5.01. The monoisotopic (exact) mass is 316 g/mol. The average molecular weight is 316 g/mol. The molecule has 0 amide bonds. The van der Waals surface area contributed by atoms with Crippen LogP contribution in [0.25, 0.3) is 0 Å². The van der Waals surface area contributed by atoms with Gasteiger partial charge >= 0.3 is 23.9 Å². The number of hydrogen-bond acceptors (Lipinski definition) is 4. The molecule has 4 N–H and O–H groups in total. The smallest absolute Gasteiger partial charge is 0.307 e. The Morgan fingerprint density at radius 3 is 1.14 bits per heavy atom. The molecule has 0 heterocycles. The van der Waals surface area contributed by atoms with E-state index in [-0.39, 0.29) is 11.8 Å². The van der Waals surface area contributed by atoms with Gasteiger partial charge in [0.25, 0.3) is 0 Å². The lowest BCUT2D eigenvalue weighted by Gasteiger charge is -2.33. The Balaban J connectivity index is 2.67. The molecule has 124 valence electrons. The Morgan fingerprint density at radius 1 is 0.682 bits per heavy atom. The second-order valence-electron chi connectivity index (χ2n) is 5.76. The first kappa shape index (κ1) is 17.9. The van der Waals surface area contributed by atoms with Crippen LogP contribution in [0.3, 0.4) is 0 Å². The Morgan fingerprint density at radius 2 is 0.955 bits per heavy atom. The molecule has 1 aliphatic carbocycles. The van der Waals surface area contributed by atoms with E-state index in [0.29, 0.717) is 25.7 Å². The van der Waals surface area contributed by atoms with Gasteiger partial charge in [0.15, 0.2) is 0 Å². The zero-order valence-electron chi connectivity index (χ0n) is 12.0. The van der Waals surface area contributed by atoms with E-state index in [9.17, 15) is 19.2 Å². The Kier molecular flexibility index (Phi) is 6.33. The van der Waals surface area contributed by atoms with E-state index >= 15 is 0 Å². The van der Waals surface area contributed by atoms with Crippen LogP contribution in [0.4, 0.5) is 0 Å². The Labute approximate surface area is 126 Å². The molecule has 0 aliphatic heterocycles. The van der Waals surface area contributed by atoms with Gasteiger partial charge in [0.05, 0.1) is 24.7 Å². The summed E-state index contributed by atoms with van der Waals surface area (Å²) in [6.45, 7) is 0. The van der Waals surface area contributed by atoms with E-state index in [2.05, 4.69) is 0 Å². The number of hydrogen-bond donors (Lipinski definition) is 4. The van der Waals surface area contributed by atoms with Crippen molar-refractivity contribution in [3.63, 3.8) is 0 Å². The molecule has 1 rings (SSSR count). The molecule has 0 bridgehead atoms. The number of carboxylic acid groups (broad SMARTS) is 4. The van der Waals surface area contributed by atoms with Gasteiger partial charge < -0.3 is 20.4 Å². The van der Waals surface area contributed by atoms with Gasteiger partial charge in [-0.3, -0.25) is 19.2 Å². The highest BCUT2D eigenvalue weighted by atomic mass is 16.4. The quantitative estimate of drug-likeness (QED) is 0.520. The van der Waals surface area contributed by atoms with Gasteiger partial charge in [-0.2, -0.15) is 0 Å². The van der Waals surface area contributed by atoms with Crippen LogP contribution in [-0.2, 0) is 19.2 Å². The largest absolute Gasteiger partial charge is 0.481 e. The van der Waals surface area contributed by atoms with Crippen molar-refractivity contribution >= 4 is 23.9 Å². The predicted octanol–water partition coefficient (Wildman–Crippen LogP) is 1.14. The zero-order valence-corrected chi connectivity index (χ0v) is 12.0. The number of carbonyl (C=O) groups is 4. The number of carboxylic acids is 4. The predicted molar refractivity (Wildman–Crippen MR) is 72.2 cm³/mol. The van der Waals surface area contributed by atoms with Crippen LogP contribution in [0.2, 0.25) is 0 Å². The minimum atomic E-state index is -1.18. The SMILES string of the molecule is O=C(O)CC(C(=O)O)C1CCC(C(CC(=O)O)C(=O)O)CC1. The van der Waals surface area contributed by atoms with E-state index in [1.165, 1.54) is 0 Å². The second kappa shape index (κ2) is 7.77. The minimum Gasteiger partial charge on any atom is -0.481 e. The second-order valence-corrected chi connectivity index (χ2v) is 5.76. The van der Waals surface area contributed by atoms with E-state index in [0.717, 1.165) is 0 Å². The molecule has 8 nitrogen and oxygen atoms in total. The fraction of sp³-hybridized carbons (Fsp3) is 0.714. The summed E-state index contributed by atoms with van der Waals surface area (Å²) in [5.41, 5.74) is 0. The van der Waals surface area contributed by atoms with Crippen molar-refractivity contribution in [2.75, 3.05) is 0 Å². The van der Waals surface area contributed by atoms with Gasteiger partial charge in [-0.1, -0.05) is 0 Å². The molecule has 0 aromatic carbocycles. The lowest BCUT2D eigenvalue weighted by molar-refractivity contribution is -0.152. The first-order chi connectivity index (χ1) is 10.2. The molecule has 1 saturated carbocycles. The highest BCUT2D eigenvalue weighted by Gasteiger charge is 2.38. The maximum absolute atomic E-state index is 11.2. The van der Waals surface area contributed by atoms with Crippen molar-refractivity contribution in [1.82, 2.24) is 0 Å². The standard InChI is InChI=1S/C14H20O8/c15-11(16)5-9(13(19)20)7-1-2-8(4-3-7)10(14(21)22)6-12(17)18/h7-10H,1-6H2,(H,15,16)(H,17,18)(H,19,20)(H,21,22). The molecule has 1 fully saturated rings. The minimum absolute atomic E-state index is 0.316. The van der Waals surface area contributed by atoms with Crippen molar-refractivity contribution in [2.24, 2.45) is 23.7 Å². The van der Waals surface area contributed by atoms with Gasteiger partial charge in [-0.15, -0.1) is 0 Å². The van der Waals surface area contributed by atoms with E-state index in [1.807, 2.05) is 0 Å². The maximum Gasteiger partial charge on any atom is 0.307 e. The molecular weight excluding hydrogens is 296 g/mol. The summed E-state index contributed by atoms with van der Waals surface area (Å²) in [7, 11) is 0. The van der Waals surface area contributed by atoms with Crippen LogP contribution in [0.15, 0.2) is 0 Å². The molecule has 0 aromatic rings. The summed E-state index contributed by atoms with van der Waals surface area (Å²) >= 11 is 0. The van der Waals surface area contributed by atoms with Crippen LogP contribution in [-0.4, -0.2) is 44.3 Å². The first-order valence-corrected chi connectivity index (χ1v) is 7.11. The molecule has 2 unspecified atom stereocenters. The van der Waals surface area contributed by atoms with Gasteiger partial charge in [-0.05, 0) is 37.5 Å². The summed E-state index contributed by atoms with van der Waals surface area (Å²) in [6.07, 6.45) is 0.692. The molecule has 0 spiro atoms. The third-order valence-corrected chi connectivity index (χ3v) is 4.38. The Hall–Kier alpha value is -2.12. The summed E-state index contributed by atoms with van der Waals surface area (Å²) in [5, 5.41) is 35.8. The van der Waals surface area contributed by atoms with Crippen molar-refractivity contribution < 1.29 is 39.6 Å². The third-order valence-electron chi connectivity index (χ3n) is 4.38. The topological polar surface area (TPSA) is 149 Å². The fourth-order valence-electron chi connectivity index (χ4n) is 3.24. The van der Waals surface area contributed by atoms with E-state index < -0.39 is 48.6 Å². The van der Waals surface area contributed by atoms with Gasteiger partial charge in [0, 0.05) is 0 Å². The van der Waals surface area contributed by atoms with Crippen LogP contribution < -0.4 is 0 Å².